The fourth-order valence-corrected chi connectivity index (χ4v) is 5.30. The molecule has 3 aromatic carbocycles. The minimum absolute atomic E-state index is 0.232. The smallest absolute Gasteiger partial charge is 0.270 e. The summed E-state index contributed by atoms with van der Waals surface area (Å²) in [7, 11) is 1.53. The normalized spacial score (nSPS) is 14.5. The Labute approximate surface area is 233 Å². The molecule has 1 fully saturated rings. The number of thioether (sulfide) groups is 1. The summed E-state index contributed by atoms with van der Waals surface area (Å²) in [5.41, 5.74) is 2.22. The monoisotopic (exact) mass is 579 g/mol. The molecule has 1 aliphatic rings. The topological polar surface area (TPSA) is 48.0 Å². The summed E-state index contributed by atoms with van der Waals surface area (Å²) < 4.78 is 17.4. The number of thiocarbonyl (C=S) groups is 1. The highest BCUT2D eigenvalue weighted by molar-refractivity contribution is 8.27. The van der Waals surface area contributed by atoms with E-state index in [4.69, 9.17) is 61.2 Å². The molecular weight excluding hydrogens is 561 g/mol. The molecule has 1 heterocycles. The van der Waals surface area contributed by atoms with Gasteiger partial charge < -0.3 is 14.2 Å². The minimum Gasteiger partial charge on any atom is -0.495 e. The number of hydrogen-bond acceptors (Lipinski definition) is 6. The number of rotatable bonds is 8. The Morgan fingerprint density at radius 2 is 1.69 bits per heavy atom. The van der Waals surface area contributed by atoms with Crippen LogP contribution in [0.15, 0.2) is 59.5 Å². The molecule has 0 atom stereocenters. The van der Waals surface area contributed by atoms with E-state index >= 15 is 0 Å². The van der Waals surface area contributed by atoms with E-state index in [2.05, 4.69) is 0 Å². The summed E-state index contributed by atoms with van der Waals surface area (Å²) >= 11 is 25.0. The van der Waals surface area contributed by atoms with Crippen molar-refractivity contribution < 1.29 is 19.0 Å². The van der Waals surface area contributed by atoms with Crippen LogP contribution < -0.4 is 19.1 Å². The van der Waals surface area contributed by atoms with E-state index in [0.717, 1.165) is 11.1 Å². The van der Waals surface area contributed by atoms with E-state index in [9.17, 15) is 4.79 Å². The van der Waals surface area contributed by atoms with E-state index in [1.165, 1.54) is 23.8 Å². The van der Waals surface area contributed by atoms with Crippen LogP contribution in [0.2, 0.25) is 15.1 Å². The Morgan fingerprint density at radius 1 is 0.917 bits per heavy atom. The van der Waals surface area contributed by atoms with Crippen molar-refractivity contribution in [2.24, 2.45) is 0 Å². The van der Waals surface area contributed by atoms with Crippen LogP contribution >= 0.6 is 58.8 Å². The highest BCUT2D eigenvalue weighted by atomic mass is 35.5. The third-order valence-corrected chi connectivity index (χ3v) is 7.47. The summed E-state index contributed by atoms with van der Waals surface area (Å²) in [5.74, 6) is 1.42. The van der Waals surface area contributed by atoms with Crippen molar-refractivity contribution in [3.05, 3.63) is 85.7 Å². The van der Waals surface area contributed by atoms with E-state index < -0.39 is 0 Å². The Kier molecular flexibility index (Phi) is 8.70. The number of ether oxygens (including phenoxy) is 3. The summed E-state index contributed by atoms with van der Waals surface area (Å²) in [5, 5.41) is 1.35. The number of carbonyl (C=O) groups excluding carboxylic acids is 1. The number of anilines is 1. The third-order valence-electron chi connectivity index (χ3n) is 5.13. The number of hydrogen-bond donors (Lipinski definition) is 0. The molecular formula is C26H20Cl3NO4S2. The maximum Gasteiger partial charge on any atom is 0.270 e. The van der Waals surface area contributed by atoms with Crippen LogP contribution in [0.1, 0.15) is 18.1 Å². The first-order valence-corrected chi connectivity index (χ1v) is 13.1. The lowest BCUT2D eigenvalue weighted by Crippen LogP contribution is -2.27. The van der Waals surface area contributed by atoms with Crippen molar-refractivity contribution in [3.8, 4) is 17.2 Å². The average Bonchev–Trinajstić information content (AvgIpc) is 3.13. The van der Waals surface area contributed by atoms with E-state index in [0.29, 0.717) is 60.4 Å². The largest absolute Gasteiger partial charge is 0.495 e. The molecule has 186 valence electrons. The summed E-state index contributed by atoms with van der Waals surface area (Å²) in [4.78, 5) is 15.1. The van der Waals surface area contributed by atoms with Crippen LogP contribution in [0.5, 0.6) is 17.2 Å². The van der Waals surface area contributed by atoms with Crippen molar-refractivity contribution >= 4 is 80.8 Å². The van der Waals surface area contributed by atoms with Gasteiger partial charge in [0.25, 0.3) is 5.91 Å². The molecule has 3 aromatic rings. The van der Waals surface area contributed by atoms with Gasteiger partial charge in [-0.05, 0) is 66.6 Å². The highest BCUT2D eigenvalue weighted by Gasteiger charge is 2.33. The number of nitrogens with zero attached hydrogens (tertiary/aromatic N) is 1. The molecule has 0 N–H and O–H groups in total. The molecule has 0 unspecified atom stereocenters. The first-order chi connectivity index (χ1) is 17.3. The molecule has 0 aromatic heterocycles. The molecule has 0 radical (unpaired) electrons. The standard InChI is InChI=1S/C26H20Cl3NO4S2/c1-3-33-23-11-15(5-8-22(23)34-14-16-4-7-18(27)19(28)10-16)12-24-25(31)30(26(35)36-24)17-6-9-21(32-2)20(29)13-17/h4-13H,3,14H2,1-2H3/b24-12+. The lowest BCUT2D eigenvalue weighted by molar-refractivity contribution is -0.113. The van der Waals surface area contributed by atoms with Gasteiger partial charge >= 0.3 is 0 Å². The van der Waals surface area contributed by atoms with Crippen molar-refractivity contribution in [1.82, 2.24) is 0 Å². The molecule has 4 rings (SSSR count). The molecule has 10 heteroatoms. The van der Waals surface area contributed by atoms with Crippen LogP contribution in [-0.2, 0) is 11.4 Å². The predicted molar refractivity (Wildman–Crippen MR) is 152 cm³/mol. The minimum atomic E-state index is -0.232. The Balaban J connectivity index is 1.55. The average molecular weight is 581 g/mol. The zero-order valence-electron chi connectivity index (χ0n) is 19.2. The van der Waals surface area contributed by atoms with Crippen molar-refractivity contribution in [2.75, 3.05) is 18.6 Å². The number of carbonyl (C=O) groups is 1. The number of halogens is 3. The molecule has 1 amide bonds. The van der Waals surface area contributed by atoms with Crippen LogP contribution in [0, 0.1) is 0 Å². The molecule has 0 aliphatic carbocycles. The summed E-state index contributed by atoms with van der Waals surface area (Å²) in [6, 6.07) is 15.9. The second-order valence-corrected chi connectivity index (χ2v) is 10.4. The van der Waals surface area contributed by atoms with Gasteiger partial charge in [-0.25, -0.2) is 0 Å². The van der Waals surface area contributed by atoms with Gasteiger partial charge in [-0.15, -0.1) is 0 Å². The first-order valence-electron chi connectivity index (χ1n) is 10.8. The predicted octanol–water partition coefficient (Wildman–Crippen LogP) is 8.04. The molecule has 5 nitrogen and oxygen atoms in total. The van der Waals surface area contributed by atoms with Gasteiger partial charge in [0.1, 0.15) is 12.4 Å². The fourth-order valence-electron chi connectivity index (χ4n) is 3.43. The summed E-state index contributed by atoms with van der Waals surface area (Å²) in [6.07, 6.45) is 1.77. The van der Waals surface area contributed by atoms with Crippen molar-refractivity contribution in [2.45, 2.75) is 13.5 Å². The van der Waals surface area contributed by atoms with Gasteiger partial charge in [0.05, 0.1) is 39.4 Å². The van der Waals surface area contributed by atoms with Gasteiger partial charge in [0, 0.05) is 0 Å². The fraction of sp³-hybridized carbons (Fsp3) is 0.154. The SMILES string of the molecule is CCOc1cc(/C=C2/SC(=S)N(c3ccc(OC)c(Cl)c3)C2=O)ccc1OCc1ccc(Cl)c(Cl)c1. The highest BCUT2D eigenvalue weighted by Crippen LogP contribution is 2.39. The maximum atomic E-state index is 13.2. The zero-order valence-corrected chi connectivity index (χ0v) is 23.1. The molecule has 0 bridgehead atoms. The lowest BCUT2D eigenvalue weighted by Gasteiger charge is -2.15. The van der Waals surface area contributed by atoms with Crippen molar-refractivity contribution in [1.29, 1.82) is 0 Å². The van der Waals surface area contributed by atoms with Crippen LogP contribution in [-0.4, -0.2) is 23.9 Å². The number of benzene rings is 3. The molecule has 0 saturated carbocycles. The van der Waals surface area contributed by atoms with E-state index in [-0.39, 0.29) is 5.91 Å². The molecule has 1 aliphatic heterocycles. The van der Waals surface area contributed by atoms with Gasteiger partial charge in [-0.3, -0.25) is 9.69 Å². The Hall–Kier alpha value is -2.42. The quantitative estimate of drug-likeness (QED) is 0.198. The van der Waals surface area contributed by atoms with Crippen molar-refractivity contribution in [3.63, 3.8) is 0 Å². The van der Waals surface area contributed by atoms with Crippen LogP contribution in [0.25, 0.3) is 6.08 Å². The van der Waals surface area contributed by atoms with Crippen LogP contribution in [0.3, 0.4) is 0 Å². The maximum absolute atomic E-state index is 13.2. The Bertz CT molecular complexity index is 1360. The lowest BCUT2D eigenvalue weighted by atomic mass is 10.1. The molecule has 0 spiro atoms. The van der Waals surface area contributed by atoms with E-state index in [1.54, 1.807) is 42.5 Å². The number of methoxy groups -OCH3 is 1. The van der Waals surface area contributed by atoms with Gasteiger partial charge in [-0.2, -0.15) is 0 Å². The summed E-state index contributed by atoms with van der Waals surface area (Å²) in [6.45, 7) is 2.63. The first kappa shape index (κ1) is 26.6. The zero-order chi connectivity index (χ0) is 25.8. The molecule has 1 saturated heterocycles. The third kappa shape index (κ3) is 5.93. The number of amides is 1. The van der Waals surface area contributed by atoms with Gasteiger partial charge in [0.2, 0.25) is 0 Å². The second kappa shape index (κ2) is 11.8. The van der Waals surface area contributed by atoms with Crippen LogP contribution in [0.4, 0.5) is 5.69 Å². The molecule has 36 heavy (non-hydrogen) atoms. The second-order valence-electron chi connectivity index (χ2n) is 7.51. The van der Waals surface area contributed by atoms with Gasteiger partial charge in [-0.1, -0.05) is 70.9 Å². The van der Waals surface area contributed by atoms with E-state index in [1.807, 2.05) is 25.1 Å². The van der Waals surface area contributed by atoms with Gasteiger partial charge in [0.15, 0.2) is 15.8 Å². The Morgan fingerprint density at radius 3 is 2.39 bits per heavy atom.